The van der Waals surface area contributed by atoms with Crippen LogP contribution in [0.2, 0.25) is 0 Å². The molecule has 0 fully saturated rings. The summed E-state index contributed by atoms with van der Waals surface area (Å²) >= 11 is 0. The van der Waals surface area contributed by atoms with Crippen molar-refractivity contribution in [3.8, 4) is 0 Å². The summed E-state index contributed by atoms with van der Waals surface area (Å²) < 4.78 is 1.88. The molecule has 21 heavy (non-hydrogen) atoms. The van der Waals surface area contributed by atoms with Gasteiger partial charge in [0.25, 0.3) is 0 Å². The summed E-state index contributed by atoms with van der Waals surface area (Å²) in [4.78, 5) is 4.34. The number of rotatable bonds is 2. The molecule has 5 heteroatoms. The van der Waals surface area contributed by atoms with Crippen LogP contribution < -0.4 is 5.73 Å². The molecule has 1 aromatic carbocycles. The van der Waals surface area contributed by atoms with Gasteiger partial charge in [-0.25, -0.2) is 4.68 Å². The van der Waals surface area contributed by atoms with Crippen molar-refractivity contribution >= 4 is 16.7 Å². The number of nitrogens with two attached hydrogens (primary N) is 1. The second kappa shape index (κ2) is 4.84. The van der Waals surface area contributed by atoms with Crippen molar-refractivity contribution in [1.29, 1.82) is 0 Å². The monoisotopic (exact) mass is 281 g/mol. The van der Waals surface area contributed by atoms with Gasteiger partial charge < -0.3 is 5.73 Å². The minimum Gasteiger partial charge on any atom is -0.381 e. The van der Waals surface area contributed by atoms with Crippen molar-refractivity contribution in [3.05, 3.63) is 47.8 Å². The summed E-state index contributed by atoms with van der Waals surface area (Å²) in [5.74, 6) is 0.505. The van der Waals surface area contributed by atoms with E-state index in [-0.39, 0.29) is 5.41 Å². The van der Waals surface area contributed by atoms with Gasteiger partial charge in [-0.05, 0) is 23.8 Å². The largest absolute Gasteiger partial charge is 0.381 e. The molecule has 0 radical (unpaired) electrons. The molecule has 2 N–H and O–H groups in total. The molecular weight excluding hydrogens is 262 g/mol. The molecule has 3 rings (SSSR count). The number of nitrogen functional groups attached to an aromatic ring is 1. The van der Waals surface area contributed by atoms with Crippen LogP contribution in [0.4, 0.5) is 5.82 Å². The van der Waals surface area contributed by atoms with Gasteiger partial charge in [0.1, 0.15) is 0 Å². The Balaban J connectivity index is 1.99. The van der Waals surface area contributed by atoms with Gasteiger partial charge in [-0.15, -0.1) is 5.10 Å². The summed E-state index contributed by atoms with van der Waals surface area (Å²) in [5, 5.41) is 9.33. The molecule has 0 unspecified atom stereocenters. The molecule has 5 nitrogen and oxygen atoms in total. The molecule has 0 bridgehead atoms. The SMILES string of the molecule is CC(C)(C)c1c(N)nnn1Cc1ccc2ncccc2c1. The Hall–Kier alpha value is -2.43. The van der Waals surface area contributed by atoms with Crippen LogP contribution in [0.5, 0.6) is 0 Å². The lowest BCUT2D eigenvalue weighted by molar-refractivity contribution is 0.503. The van der Waals surface area contributed by atoms with Crippen LogP contribution in [0, 0.1) is 0 Å². The Bertz CT molecular complexity index is 783. The summed E-state index contributed by atoms with van der Waals surface area (Å²) in [6.07, 6.45) is 1.80. The van der Waals surface area contributed by atoms with Gasteiger partial charge >= 0.3 is 0 Å². The van der Waals surface area contributed by atoms with Crippen LogP contribution in [-0.2, 0) is 12.0 Å². The summed E-state index contributed by atoms with van der Waals surface area (Å²) in [7, 11) is 0. The maximum Gasteiger partial charge on any atom is 0.169 e. The molecular formula is C16H19N5. The van der Waals surface area contributed by atoms with Crippen LogP contribution >= 0.6 is 0 Å². The van der Waals surface area contributed by atoms with E-state index in [9.17, 15) is 0 Å². The zero-order valence-corrected chi connectivity index (χ0v) is 12.5. The number of anilines is 1. The zero-order chi connectivity index (χ0) is 15.0. The number of nitrogens with zero attached hydrogens (tertiary/aromatic N) is 4. The molecule has 2 heterocycles. The second-order valence-corrected chi connectivity index (χ2v) is 6.26. The smallest absolute Gasteiger partial charge is 0.169 e. The fraction of sp³-hybridized carbons (Fsp3) is 0.312. The highest BCUT2D eigenvalue weighted by Crippen LogP contribution is 2.26. The predicted molar refractivity (Wildman–Crippen MR) is 84.0 cm³/mol. The number of aromatic nitrogens is 4. The Morgan fingerprint density at radius 3 is 2.76 bits per heavy atom. The zero-order valence-electron chi connectivity index (χ0n) is 12.5. The Kier molecular flexibility index (Phi) is 3.12. The first-order valence-corrected chi connectivity index (χ1v) is 6.98. The summed E-state index contributed by atoms with van der Waals surface area (Å²) in [6.45, 7) is 7.00. The van der Waals surface area contributed by atoms with Crippen molar-refractivity contribution in [3.63, 3.8) is 0 Å². The van der Waals surface area contributed by atoms with E-state index in [1.807, 2.05) is 16.8 Å². The molecule has 0 spiro atoms. The lowest BCUT2D eigenvalue weighted by Crippen LogP contribution is -2.20. The Labute approximate surface area is 123 Å². The molecule has 0 aliphatic carbocycles. The van der Waals surface area contributed by atoms with Crippen LogP contribution in [-0.4, -0.2) is 20.0 Å². The molecule has 108 valence electrons. The lowest BCUT2D eigenvalue weighted by atomic mass is 9.91. The van der Waals surface area contributed by atoms with Gasteiger partial charge in [0.15, 0.2) is 5.82 Å². The third kappa shape index (κ3) is 2.59. The maximum atomic E-state index is 5.97. The van der Waals surface area contributed by atoms with Gasteiger partial charge in [-0.2, -0.15) is 0 Å². The number of hydrogen-bond donors (Lipinski definition) is 1. The molecule has 0 aliphatic heterocycles. The predicted octanol–water partition coefficient (Wildman–Crippen LogP) is 2.75. The van der Waals surface area contributed by atoms with Crippen LogP contribution in [0.1, 0.15) is 32.0 Å². The first-order chi connectivity index (χ1) is 9.95. The molecule has 0 saturated heterocycles. The molecule has 0 atom stereocenters. The molecule has 2 aromatic heterocycles. The van der Waals surface area contributed by atoms with Crippen LogP contribution in [0.3, 0.4) is 0 Å². The van der Waals surface area contributed by atoms with Crippen molar-refractivity contribution in [1.82, 2.24) is 20.0 Å². The molecule has 0 aliphatic rings. The number of benzene rings is 1. The quantitative estimate of drug-likeness (QED) is 0.784. The van der Waals surface area contributed by atoms with Gasteiger partial charge in [0, 0.05) is 17.0 Å². The highest BCUT2D eigenvalue weighted by Gasteiger charge is 2.24. The Morgan fingerprint density at radius 2 is 2.00 bits per heavy atom. The summed E-state index contributed by atoms with van der Waals surface area (Å²) in [5.41, 5.74) is 9.00. The standard InChI is InChI=1S/C16H19N5/c1-16(2,3)14-15(17)19-20-21(14)10-11-6-7-13-12(9-11)5-4-8-18-13/h4-9H,10,17H2,1-3H3. The maximum absolute atomic E-state index is 5.97. The average molecular weight is 281 g/mol. The molecule has 3 aromatic rings. The van der Waals surface area contributed by atoms with Crippen molar-refractivity contribution in [2.24, 2.45) is 0 Å². The fourth-order valence-electron chi connectivity index (χ4n) is 2.60. The van der Waals surface area contributed by atoms with E-state index in [0.29, 0.717) is 12.4 Å². The third-order valence-corrected chi connectivity index (χ3v) is 3.47. The van der Waals surface area contributed by atoms with E-state index in [4.69, 9.17) is 5.73 Å². The van der Waals surface area contributed by atoms with E-state index >= 15 is 0 Å². The number of hydrogen-bond acceptors (Lipinski definition) is 4. The third-order valence-electron chi connectivity index (χ3n) is 3.47. The van der Waals surface area contributed by atoms with Gasteiger partial charge in [0.2, 0.25) is 0 Å². The van der Waals surface area contributed by atoms with Gasteiger partial charge in [0.05, 0.1) is 17.8 Å². The van der Waals surface area contributed by atoms with Gasteiger partial charge in [-0.3, -0.25) is 4.98 Å². The van der Waals surface area contributed by atoms with Crippen molar-refractivity contribution in [2.45, 2.75) is 32.7 Å². The number of fused-ring (bicyclic) bond motifs is 1. The second-order valence-electron chi connectivity index (χ2n) is 6.26. The highest BCUT2D eigenvalue weighted by atomic mass is 15.4. The van der Waals surface area contributed by atoms with Crippen LogP contribution in [0.15, 0.2) is 36.5 Å². The highest BCUT2D eigenvalue weighted by molar-refractivity contribution is 5.78. The van der Waals surface area contributed by atoms with Crippen LogP contribution in [0.25, 0.3) is 10.9 Å². The van der Waals surface area contributed by atoms with E-state index < -0.39 is 0 Å². The van der Waals surface area contributed by atoms with Crippen molar-refractivity contribution < 1.29 is 0 Å². The minimum atomic E-state index is -0.0913. The summed E-state index contributed by atoms with van der Waals surface area (Å²) in [6, 6.07) is 10.2. The number of pyridine rings is 1. The Morgan fingerprint density at radius 1 is 1.19 bits per heavy atom. The lowest BCUT2D eigenvalue weighted by Gasteiger charge is -2.20. The van der Waals surface area contributed by atoms with E-state index in [0.717, 1.165) is 22.2 Å². The molecule has 0 amide bonds. The first kappa shape index (κ1) is 13.5. The normalized spacial score (nSPS) is 12.0. The minimum absolute atomic E-state index is 0.0913. The van der Waals surface area contributed by atoms with E-state index in [2.05, 4.69) is 54.3 Å². The average Bonchev–Trinajstić information content (AvgIpc) is 2.79. The van der Waals surface area contributed by atoms with Gasteiger partial charge in [-0.1, -0.05) is 38.1 Å². The topological polar surface area (TPSA) is 69.6 Å². The first-order valence-electron chi connectivity index (χ1n) is 6.98. The fourth-order valence-corrected chi connectivity index (χ4v) is 2.60. The van der Waals surface area contributed by atoms with E-state index in [1.165, 1.54) is 0 Å². The molecule has 0 saturated carbocycles. The van der Waals surface area contributed by atoms with E-state index in [1.54, 1.807) is 6.20 Å². The van der Waals surface area contributed by atoms with Crippen molar-refractivity contribution in [2.75, 3.05) is 5.73 Å².